The quantitative estimate of drug-likeness (QED) is 0.673. The van der Waals surface area contributed by atoms with E-state index in [1.165, 1.54) is 11.3 Å². The highest BCUT2D eigenvalue weighted by molar-refractivity contribution is 7.21. The Morgan fingerprint density at radius 1 is 1.24 bits per heavy atom. The van der Waals surface area contributed by atoms with E-state index < -0.39 is 5.97 Å². The van der Waals surface area contributed by atoms with Crippen molar-refractivity contribution in [2.75, 3.05) is 0 Å². The predicted octanol–water partition coefficient (Wildman–Crippen LogP) is 3.01. The largest absolute Gasteiger partial charge is 0.461 e. The van der Waals surface area contributed by atoms with Gasteiger partial charge >= 0.3 is 5.97 Å². The van der Waals surface area contributed by atoms with Crippen molar-refractivity contribution in [3.63, 3.8) is 0 Å². The smallest absolute Gasteiger partial charge is 0.328 e. The number of hydrogen-bond donors (Lipinski definition) is 0. The molecule has 7 heteroatoms. The minimum atomic E-state index is -0.429. The molecule has 0 amide bonds. The Hall–Kier alpha value is -2.54. The molecule has 1 aliphatic rings. The van der Waals surface area contributed by atoms with Crippen LogP contribution in [0.15, 0.2) is 41.2 Å². The zero-order valence-corrected chi connectivity index (χ0v) is 14.4. The van der Waals surface area contributed by atoms with Crippen LogP contribution in [-0.2, 0) is 16.1 Å². The van der Waals surface area contributed by atoms with Crippen molar-refractivity contribution in [2.24, 2.45) is 0 Å². The van der Waals surface area contributed by atoms with Gasteiger partial charge in [-0.3, -0.25) is 9.59 Å². The lowest BCUT2D eigenvalue weighted by Crippen LogP contribution is -2.29. The molecule has 6 nitrogen and oxygen atoms in total. The van der Waals surface area contributed by atoms with Crippen molar-refractivity contribution >= 4 is 27.5 Å². The van der Waals surface area contributed by atoms with Gasteiger partial charge in [-0.1, -0.05) is 35.5 Å². The first-order valence-corrected chi connectivity index (χ1v) is 9.14. The standard InChI is InChI=1S/C18H17N3O3S/c22-16(24-13-8-4-5-9-13)11-21-18(23)14-10-15(25-17(14)19-20-21)12-6-2-1-3-7-12/h1-3,6-7,10,13H,4-5,8-9,11H2. The van der Waals surface area contributed by atoms with Gasteiger partial charge in [0.25, 0.3) is 5.56 Å². The van der Waals surface area contributed by atoms with Crippen molar-refractivity contribution in [1.82, 2.24) is 15.0 Å². The molecule has 0 unspecified atom stereocenters. The van der Waals surface area contributed by atoms with E-state index in [0.717, 1.165) is 40.8 Å². The maximum atomic E-state index is 12.6. The fourth-order valence-electron chi connectivity index (χ4n) is 3.08. The second kappa shape index (κ2) is 6.76. The maximum Gasteiger partial charge on any atom is 0.328 e. The molecule has 2 heterocycles. The molecule has 1 fully saturated rings. The molecule has 0 atom stereocenters. The highest BCUT2D eigenvalue weighted by Crippen LogP contribution is 2.30. The number of esters is 1. The Morgan fingerprint density at radius 2 is 2.00 bits per heavy atom. The monoisotopic (exact) mass is 355 g/mol. The molecule has 2 aromatic heterocycles. The van der Waals surface area contributed by atoms with Gasteiger partial charge in [0.15, 0.2) is 4.83 Å². The van der Waals surface area contributed by atoms with Crippen molar-refractivity contribution in [3.8, 4) is 10.4 Å². The number of ether oxygens (including phenoxy) is 1. The van der Waals surface area contributed by atoms with Crippen LogP contribution >= 0.6 is 11.3 Å². The number of thiophene rings is 1. The summed E-state index contributed by atoms with van der Waals surface area (Å²) in [4.78, 5) is 26.2. The summed E-state index contributed by atoms with van der Waals surface area (Å²) in [6, 6.07) is 11.6. The minimum Gasteiger partial charge on any atom is -0.461 e. The van der Waals surface area contributed by atoms with Gasteiger partial charge in [-0.2, -0.15) is 4.68 Å². The highest BCUT2D eigenvalue weighted by Gasteiger charge is 2.20. The van der Waals surface area contributed by atoms with Gasteiger partial charge in [0.2, 0.25) is 0 Å². The average Bonchev–Trinajstić information content (AvgIpc) is 3.28. The fourth-order valence-corrected chi connectivity index (χ4v) is 4.06. The van der Waals surface area contributed by atoms with E-state index in [2.05, 4.69) is 10.3 Å². The van der Waals surface area contributed by atoms with Crippen molar-refractivity contribution in [1.29, 1.82) is 0 Å². The van der Waals surface area contributed by atoms with Crippen LogP contribution < -0.4 is 5.56 Å². The highest BCUT2D eigenvalue weighted by atomic mass is 32.1. The number of rotatable bonds is 4. The third-order valence-corrected chi connectivity index (χ3v) is 5.43. The Labute approximate surface area is 148 Å². The molecule has 0 spiro atoms. The first-order chi connectivity index (χ1) is 12.2. The summed E-state index contributed by atoms with van der Waals surface area (Å²) in [5, 5.41) is 8.47. The minimum absolute atomic E-state index is 0.0225. The van der Waals surface area contributed by atoms with Crippen LogP contribution in [-0.4, -0.2) is 27.1 Å². The molecule has 0 radical (unpaired) electrons. The van der Waals surface area contributed by atoms with Gasteiger partial charge in [-0.25, -0.2) is 0 Å². The molecule has 1 aliphatic carbocycles. The number of nitrogens with zero attached hydrogens (tertiary/aromatic N) is 3. The van der Waals surface area contributed by atoms with Gasteiger partial charge < -0.3 is 4.74 Å². The van der Waals surface area contributed by atoms with E-state index in [4.69, 9.17) is 4.74 Å². The molecule has 0 saturated heterocycles. The summed E-state index contributed by atoms with van der Waals surface area (Å²) >= 11 is 1.42. The second-order valence-electron chi connectivity index (χ2n) is 6.14. The van der Waals surface area contributed by atoms with E-state index >= 15 is 0 Å². The normalized spacial score (nSPS) is 14.9. The van der Waals surface area contributed by atoms with Crippen LogP contribution in [0.1, 0.15) is 25.7 Å². The number of carbonyl (C=O) groups is 1. The molecule has 0 aliphatic heterocycles. The summed E-state index contributed by atoms with van der Waals surface area (Å²) in [6.07, 6.45) is 3.94. The van der Waals surface area contributed by atoms with Gasteiger partial charge in [-0.15, -0.1) is 16.4 Å². The van der Waals surface area contributed by atoms with Crippen molar-refractivity contribution < 1.29 is 9.53 Å². The Kier molecular flexibility index (Phi) is 4.31. The summed E-state index contributed by atoms with van der Waals surface area (Å²) in [6.45, 7) is -0.200. The maximum absolute atomic E-state index is 12.6. The molecule has 1 aromatic carbocycles. The second-order valence-corrected chi connectivity index (χ2v) is 7.17. The summed E-state index contributed by atoms with van der Waals surface area (Å²) in [7, 11) is 0. The summed E-state index contributed by atoms with van der Waals surface area (Å²) in [5.74, 6) is -0.429. The van der Waals surface area contributed by atoms with Gasteiger partial charge in [0.05, 0.1) is 5.39 Å². The van der Waals surface area contributed by atoms with Gasteiger partial charge in [0, 0.05) is 4.88 Å². The van der Waals surface area contributed by atoms with Crippen LogP contribution in [0.2, 0.25) is 0 Å². The first kappa shape index (κ1) is 16.0. The zero-order chi connectivity index (χ0) is 17.2. The van der Waals surface area contributed by atoms with Crippen molar-refractivity contribution in [2.45, 2.75) is 38.3 Å². The summed E-state index contributed by atoms with van der Waals surface area (Å²) in [5.41, 5.74) is 0.712. The molecule has 1 saturated carbocycles. The van der Waals surface area contributed by atoms with E-state index in [1.807, 2.05) is 36.4 Å². The molecule has 128 valence electrons. The van der Waals surface area contributed by atoms with Crippen LogP contribution in [0.5, 0.6) is 0 Å². The molecule has 0 bridgehead atoms. The molecule has 4 rings (SSSR count). The van der Waals surface area contributed by atoms with E-state index in [9.17, 15) is 9.59 Å². The lowest BCUT2D eigenvalue weighted by molar-refractivity contribution is -0.149. The Morgan fingerprint density at radius 3 is 2.76 bits per heavy atom. The Balaban J connectivity index is 1.59. The van der Waals surface area contributed by atoms with E-state index in [0.29, 0.717) is 10.2 Å². The Bertz CT molecular complexity index is 959. The molecule has 25 heavy (non-hydrogen) atoms. The van der Waals surface area contributed by atoms with Crippen LogP contribution in [0, 0.1) is 0 Å². The average molecular weight is 355 g/mol. The third-order valence-electron chi connectivity index (χ3n) is 4.36. The summed E-state index contributed by atoms with van der Waals surface area (Å²) < 4.78 is 6.48. The first-order valence-electron chi connectivity index (χ1n) is 8.33. The van der Waals surface area contributed by atoms with Gasteiger partial charge in [-0.05, 0) is 37.3 Å². The van der Waals surface area contributed by atoms with Crippen molar-refractivity contribution in [3.05, 3.63) is 46.8 Å². The SMILES string of the molecule is O=C(Cn1nnc2sc(-c3ccccc3)cc2c1=O)OC1CCCC1. The number of hydrogen-bond acceptors (Lipinski definition) is 6. The predicted molar refractivity (Wildman–Crippen MR) is 95.5 cm³/mol. The lowest BCUT2D eigenvalue weighted by Gasteiger charge is -2.11. The van der Waals surface area contributed by atoms with Crippen LogP contribution in [0.25, 0.3) is 20.7 Å². The number of benzene rings is 1. The molecule has 3 aromatic rings. The topological polar surface area (TPSA) is 74.1 Å². The third kappa shape index (κ3) is 3.32. The molecular formula is C18H17N3O3S. The van der Waals surface area contributed by atoms with E-state index in [1.54, 1.807) is 0 Å². The molecular weight excluding hydrogens is 338 g/mol. The lowest BCUT2D eigenvalue weighted by atomic mass is 10.2. The van der Waals surface area contributed by atoms with Crippen LogP contribution in [0.3, 0.4) is 0 Å². The van der Waals surface area contributed by atoms with Crippen LogP contribution in [0.4, 0.5) is 0 Å². The number of aromatic nitrogens is 3. The van der Waals surface area contributed by atoms with E-state index in [-0.39, 0.29) is 18.2 Å². The zero-order valence-electron chi connectivity index (χ0n) is 13.6. The fraction of sp³-hybridized carbons (Fsp3) is 0.333. The molecule has 0 N–H and O–H groups in total. The van der Waals surface area contributed by atoms with Gasteiger partial charge in [0.1, 0.15) is 12.6 Å². The number of carbonyl (C=O) groups excluding carboxylic acids is 1. The number of fused-ring (bicyclic) bond motifs is 1.